The van der Waals surface area contributed by atoms with Gasteiger partial charge in [0.15, 0.2) is 0 Å². The van der Waals surface area contributed by atoms with Crippen LogP contribution in [0.2, 0.25) is 0 Å². The minimum atomic E-state index is -0.666. The van der Waals surface area contributed by atoms with Gasteiger partial charge in [0.2, 0.25) is 5.91 Å². The summed E-state index contributed by atoms with van der Waals surface area (Å²) in [5.74, 6) is -0.0301. The van der Waals surface area contributed by atoms with Crippen molar-refractivity contribution in [1.82, 2.24) is 5.32 Å². The standard InChI is InChI=1S/C66H127NO5/c1-3-5-7-9-11-13-15-16-17-18-29-32-35-39-42-46-50-54-58-64(69)63(62-68)67-65(70)59-55-51-47-43-40-36-33-30-27-25-23-21-19-20-22-24-26-28-31-34-37-41-45-49-53-57-61-72-66(71)60-56-52-48-44-38-14-12-10-8-6-4-2/h10,12,19,21,63-64,68-69H,3-9,11,13-18,20,22-62H2,1-2H3,(H,67,70)/b12-10-,21-19-. The van der Waals surface area contributed by atoms with Gasteiger partial charge in [0, 0.05) is 12.8 Å². The van der Waals surface area contributed by atoms with Gasteiger partial charge in [-0.15, -0.1) is 0 Å². The molecule has 0 fully saturated rings. The summed E-state index contributed by atoms with van der Waals surface area (Å²) in [4.78, 5) is 24.5. The van der Waals surface area contributed by atoms with Gasteiger partial charge in [-0.2, -0.15) is 0 Å². The third-order valence-corrected chi connectivity index (χ3v) is 15.2. The Morgan fingerprint density at radius 2 is 0.667 bits per heavy atom. The highest BCUT2D eigenvalue weighted by atomic mass is 16.5. The number of amides is 1. The van der Waals surface area contributed by atoms with Gasteiger partial charge < -0.3 is 20.3 Å². The number of aliphatic hydroxyl groups excluding tert-OH is 2. The summed E-state index contributed by atoms with van der Waals surface area (Å²) in [7, 11) is 0. The van der Waals surface area contributed by atoms with E-state index in [1.54, 1.807) is 0 Å². The number of nitrogens with one attached hydrogen (secondary N) is 1. The zero-order chi connectivity index (χ0) is 52.2. The summed E-state index contributed by atoms with van der Waals surface area (Å²) in [5, 5.41) is 23.4. The predicted molar refractivity (Wildman–Crippen MR) is 315 cm³/mol. The quantitative estimate of drug-likeness (QED) is 0.0320. The number of ether oxygens (including phenoxy) is 1. The van der Waals surface area contributed by atoms with E-state index in [-0.39, 0.29) is 18.5 Å². The monoisotopic (exact) mass is 1010 g/mol. The van der Waals surface area contributed by atoms with E-state index in [4.69, 9.17) is 4.74 Å². The molecule has 2 unspecified atom stereocenters. The summed E-state index contributed by atoms with van der Waals surface area (Å²) < 4.78 is 5.46. The summed E-state index contributed by atoms with van der Waals surface area (Å²) in [5.41, 5.74) is 0. The van der Waals surface area contributed by atoms with Crippen LogP contribution in [0.4, 0.5) is 0 Å². The van der Waals surface area contributed by atoms with Crippen LogP contribution in [-0.4, -0.2) is 47.4 Å². The molecule has 0 aromatic rings. The average Bonchev–Trinajstić information content (AvgIpc) is 3.38. The summed E-state index contributed by atoms with van der Waals surface area (Å²) in [6.45, 7) is 4.94. The molecule has 6 nitrogen and oxygen atoms in total. The molecule has 0 spiro atoms. The molecule has 0 bridgehead atoms. The molecule has 426 valence electrons. The van der Waals surface area contributed by atoms with Crippen molar-refractivity contribution in [1.29, 1.82) is 0 Å². The number of rotatable bonds is 61. The predicted octanol–water partition coefficient (Wildman–Crippen LogP) is 20.6. The van der Waals surface area contributed by atoms with Crippen LogP contribution < -0.4 is 5.32 Å². The first-order chi connectivity index (χ1) is 35.5. The van der Waals surface area contributed by atoms with Crippen LogP contribution >= 0.6 is 0 Å². The zero-order valence-electron chi connectivity index (χ0n) is 48.7. The normalized spacial score (nSPS) is 12.7. The lowest BCUT2D eigenvalue weighted by atomic mass is 10.0. The van der Waals surface area contributed by atoms with Gasteiger partial charge in [0.25, 0.3) is 0 Å². The van der Waals surface area contributed by atoms with Gasteiger partial charge in [-0.25, -0.2) is 0 Å². The van der Waals surface area contributed by atoms with Gasteiger partial charge >= 0.3 is 5.97 Å². The van der Waals surface area contributed by atoms with Gasteiger partial charge in [0.05, 0.1) is 25.4 Å². The van der Waals surface area contributed by atoms with E-state index in [2.05, 4.69) is 43.5 Å². The van der Waals surface area contributed by atoms with E-state index in [1.807, 2.05) is 0 Å². The SMILES string of the molecule is CCCC/C=C\CCCCCCCC(=O)OCCCCCCCCCCCCCC/C=C\CCCCCCCCCCCCC(=O)NC(CO)C(O)CCCCCCCCCCCCCCCCCCCC. The van der Waals surface area contributed by atoms with Crippen molar-refractivity contribution in [2.45, 2.75) is 373 Å². The number of esters is 1. The van der Waals surface area contributed by atoms with Crippen LogP contribution in [0.3, 0.4) is 0 Å². The molecule has 0 aromatic carbocycles. The molecular weight excluding hydrogens is 887 g/mol. The summed E-state index contributed by atoms with van der Waals surface area (Å²) in [6, 6.07) is -0.543. The van der Waals surface area contributed by atoms with Crippen LogP contribution in [0.1, 0.15) is 361 Å². The lowest BCUT2D eigenvalue weighted by Crippen LogP contribution is -2.45. The highest BCUT2D eigenvalue weighted by molar-refractivity contribution is 5.76. The fraction of sp³-hybridized carbons (Fsp3) is 0.909. The lowest BCUT2D eigenvalue weighted by Gasteiger charge is -2.22. The number of hydrogen-bond donors (Lipinski definition) is 3. The van der Waals surface area contributed by atoms with Gasteiger partial charge in [-0.05, 0) is 70.6 Å². The van der Waals surface area contributed by atoms with E-state index in [0.717, 1.165) is 44.9 Å². The number of aliphatic hydroxyl groups is 2. The first kappa shape index (κ1) is 70.3. The molecule has 0 rings (SSSR count). The molecule has 3 N–H and O–H groups in total. The molecule has 0 aliphatic rings. The van der Waals surface area contributed by atoms with Gasteiger partial charge in [-0.3, -0.25) is 9.59 Å². The molecular formula is C66H127NO5. The van der Waals surface area contributed by atoms with E-state index < -0.39 is 12.1 Å². The van der Waals surface area contributed by atoms with E-state index in [0.29, 0.717) is 25.9 Å². The van der Waals surface area contributed by atoms with E-state index in [1.165, 1.54) is 283 Å². The smallest absolute Gasteiger partial charge is 0.305 e. The first-order valence-electron chi connectivity index (χ1n) is 32.6. The molecule has 1 amide bonds. The van der Waals surface area contributed by atoms with Gasteiger partial charge in [0.1, 0.15) is 0 Å². The minimum Gasteiger partial charge on any atom is -0.466 e. The highest BCUT2D eigenvalue weighted by Gasteiger charge is 2.20. The molecule has 0 heterocycles. The second-order valence-corrected chi connectivity index (χ2v) is 22.4. The molecule has 0 saturated heterocycles. The number of carbonyl (C=O) groups excluding carboxylic acids is 2. The van der Waals surface area contributed by atoms with E-state index in [9.17, 15) is 19.8 Å². The summed E-state index contributed by atoms with van der Waals surface area (Å²) >= 11 is 0. The Morgan fingerprint density at radius 3 is 1.03 bits per heavy atom. The highest BCUT2D eigenvalue weighted by Crippen LogP contribution is 2.18. The molecule has 0 aromatic heterocycles. The van der Waals surface area contributed by atoms with Crippen molar-refractivity contribution in [2.75, 3.05) is 13.2 Å². The molecule has 0 saturated carbocycles. The summed E-state index contributed by atoms with van der Waals surface area (Å²) in [6.07, 6.45) is 76.3. The fourth-order valence-electron chi connectivity index (χ4n) is 10.2. The van der Waals surface area contributed by atoms with Crippen molar-refractivity contribution in [3.8, 4) is 0 Å². The Morgan fingerprint density at radius 1 is 0.375 bits per heavy atom. The molecule has 0 aliphatic carbocycles. The first-order valence-corrected chi connectivity index (χ1v) is 32.6. The third-order valence-electron chi connectivity index (χ3n) is 15.2. The van der Waals surface area contributed by atoms with Crippen molar-refractivity contribution < 1.29 is 24.5 Å². The average molecular weight is 1010 g/mol. The van der Waals surface area contributed by atoms with Crippen LogP contribution in [0.5, 0.6) is 0 Å². The Balaban J connectivity index is 3.40. The molecule has 6 heteroatoms. The largest absolute Gasteiger partial charge is 0.466 e. The van der Waals surface area contributed by atoms with Crippen LogP contribution in [0.15, 0.2) is 24.3 Å². The van der Waals surface area contributed by atoms with Gasteiger partial charge in [-0.1, -0.05) is 301 Å². The van der Waals surface area contributed by atoms with Crippen LogP contribution in [0.25, 0.3) is 0 Å². The number of carbonyl (C=O) groups is 2. The molecule has 2 atom stereocenters. The molecule has 0 radical (unpaired) electrons. The third kappa shape index (κ3) is 57.6. The topological polar surface area (TPSA) is 95.9 Å². The van der Waals surface area contributed by atoms with Crippen molar-refractivity contribution in [3.63, 3.8) is 0 Å². The Hall–Kier alpha value is -1.66. The Kier molecular flexibility index (Phi) is 60.5. The minimum absolute atomic E-state index is 0.00360. The second kappa shape index (κ2) is 61.9. The lowest BCUT2D eigenvalue weighted by molar-refractivity contribution is -0.143. The van der Waals surface area contributed by atoms with Crippen molar-refractivity contribution in [2.24, 2.45) is 0 Å². The Bertz CT molecular complexity index is 1120. The molecule has 72 heavy (non-hydrogen) atoms. The molecule has 0 aliphatic heterocycles. The van der Waals surface area contributed by atoms with Crippen molar-refractivity contribution in [3.05, 3.63) is 24.3 Å². The second-order valence-electron chi connectivity index (χ2n) is 22.4. The number of unbranched alkanes of at least 4 members (excludes halogenated alkanes) is 46. The maximum absolute atomic E-state index is 12.5. The maximum atomic E-state index is 12.5. The maximum Gasteiger partial charge on any atom is 0.305 e. The fourth-order valence-corrected chi connectivity index (χ4v) is 10.2. The Labute approximate surface area is 450 Å². The van der Waals surface area contributed by atoms with E-state index >= 15 is 0 Å². The van der Waals surface area contributed by atoms with Crippen LogP contribution in [-0.2, 0) is 14.3 Å². The van der Waals surface area contributed by atoms with Crippen molar-refractivity contribution >= 4 is 11.9 Å². The number of allylic oxidation sites excluding steroid dienone is 4. The zero-order valence-corrected chi connectivity index (χ0v) is 48.7. The number of hydrogen-bond acceptors (Lipinski definition) is 5. The van der Waals surface area contributed by atoms with Crippen LogP contribution in [0, 0.1) is 0 Å².